The maximum absolute atomic E-state index is 8.91. The molecule has 1 unspecified atom stereocenters. The van der Waals surface area contributed by atoms with Crippen molar-refractivity contribution in [2.75, 3.05) is 6.61 Å². The Bertz CT molecular complexity index is 302. The minimum Gasteiger partial charge on any atom is -0.396 e. The highest BCUT2D eigenvalue weighted by molar-refractivity contribution is 5.28. The SMILES string of the molecule is CCC(CCO)NCc1cc(C)cc(C)c1. The lowest BCUT2D eigenvalue weighted by Gasteiger charge is -2.16. The van der Waals surface area contributed by atoms with Crippen molar-refractivity contribution < 1.29 is 5.11 Å². The van der Waals surface area contributed by atoms with Gasteiger partial charge in [-0.1, -0.05) is 36.2 Å². The van der Waals surface area contributed by atoms with Crippen molar-refractivity contribution >= 4 is 0 Å². The first-order valence-corrected chi connectivity index (χ1v) is 6.07. The van der Waals surface area contributed by atoms with Crippen LogP contribution in [0.3, 0.4) is 0 Å². The van der Waals surface area contributed by atoms with Crippen molar-refractivity contribution in [2.24, 2.45) is 0 Å². The van der Waals surface area contributed by atoms with E-state index >= 15 is 0 Å². The Morgan fingerprint density at radius 2 is 1.81 bits per heavy atom. The lowest BCUT2D eigenvalue weighted by atomic mass is 10.1. The van der Waals surface area contributed by atoms with Gasteiger partial charge in [-0.15, -0.1) is 0 Å². The minimum atomic E-state index is 0.262. The van der Waals surface area contributed by atoms with E-state index in [2.05, 4.69) is 44.3 Å². The largest absolute Gasteiger partial charge is 0.396 e. The molecule has 2 heteroatoms. The van der Waals surface area contributed by atoms with Gasteiger partial charge in [-0.25, -0.2) is 0 Å². The van der Waals surface area contributed by atoms with Crippen molar-refractivity contribution in [1.82, 2.24) is 5.32 Å². The van der Waals surface area contributed by atoms with Gasteiger partial charge in [0.1, 0.15) is 0 Å². The molecule has 0 aliphatic carbocycles. The molecule has 16 heavy (non-hydrogen) atoms. The van der Waals surface area contributed by atoms with E-state index in [-0.39, 0.29) is 6.61 Å². The quantitative estimate of drug-likeness (QED) is 0.773. The first kappa shape index (κ1) is 13.2. The zero-order valence-electron chi connectivity index (χ0n) is 10.6. The van der Waals surface area contributed by atoms with Crippen LogP contribution < -0.4 is 5.32 Å². The van der Waals surface area contributed by atoms with E-state index in [1.807, 2.05) is 0 Å². The van der Waals surface area contributed by atoms with Gasteiger partial charge in [0.05, 0.1) is 0 Å². The van der Waals surface area contributed by atoms with Crippen molar-refractivity contribution in [2.45, 2.75) is 46.2 Å². The monoisotopic (exact) mass is 221 g/mol. The van der Waals surface area contributed by atoms with Gasteiger partial charge in [0.2, 0.25) is 0 Å². The molecule has 0 aliphatic heterocycles. The average Bonchev–Trinajstić information content (AvgIpc) is 2.23. The zero-order valence-corrected chi connectivity index (χ0v) is 10.6. The highest BCUT2D eigenvalue weighted by Gasteiger charge is 2.04. The van der Waals surface area contributed by atoms with E-state index < -0.39 is 0 Å². The van der Waals surface area contributed by atoms with Gasteiger partial charge in [0.15, 0.2) is 0 Å². The van der Waals surface area contributed by atoms with E-state index in [1.54, 1.807) is 0 Å². The first-order valence-electron chi connectivity index (χ1n) is 6.07. The maximum atomic E-state index is 8.91. The van der Waals surface area contributed by atoms with Crippen molar-refractivity contribution in [3.8, 4) is 0 Å². The van der Waals surface area contributed by atoms with Crippen LogP contribution >= 0.6 is 0 Å². The summed E-state index contributed by atoms with van der Waals surface area (Å²) in [4.78, 5) is 0. The molecule has 0 aliphatic rings. The second-order valence-corrected chi connectivity index (χ2v) is 4.49. The van der Waals surface area contributed by atoms with Crippen molar-refractivity contribution in [3.05, 3.63) is 34.9 Å². The highest BCUT2D eigenvalue weighted by Crippen LogP contribution is 2.09. The number of aliphatic hydroxyl groups excluding tert-OH is 1. The summed E-state index contributed by atoms with van der Waals surface area (Å²) in [5.41, 5.74) is 3.95. The van der Waals surface area contributed by atoms with Gasteiger partial charge < -0.3 is 10.4 Å². The summed E-state index contributed by atoms with van der Waals surface area (Å²) >= 11 is 0. The van der Waals surface area contributed by atoms with Gasteiger partial charge in [-0.2, -0.15) is 0 Å². The van der Waals surface area contributed by atoms with E-state index in [4.69, 9.17) is 5.11 Å². The van der Waals surface area contributed by atoms with Crippen LogP contribution in [0.5, 0.6) is 0 Å². The Balaban J connectivity index is 2.52. The minimum absolute atomic E-state index is 0.262. The Morgan fingerprint density at radius 3 is 2.31 bits per heavy atom. The number of nitrogens with one attached hydrogen (secondary N) is 1. The summed E-state index contributed by atoms with van der Waals surface area (Å²) in [6, 6.07) is 7.04. The molecule has 0 heterocycles. The normalized spacial score (nSPS) is 12.8. The molecule has 2 N–H and O–H groups in total. The molecule has 1 aromatic carbocycles. The van der Waals surface area contributed by atoms with Gasteiger partial charge in [-0.3, -0.25) is 0 Å². The molecule has 0 saturated heterocycles. The van der Waals surface area contributed by atoms with Crippen LogP contribution in [0.25, 0.3) is 0 Å². The summed E-state index contributed by atoms with van der Waals surface area (Å²) in [7, 11) is 0. The summed E-state index contributed by atoms with van der Waals surface area (Å²) in [5.74, 6) is 0. The second kappa shape index (κ2) is 6.66. The Kier molecular flexibility index (Phi) is 5.50. The van der Waals surface area contributed by atoms with Crippen molar-refractivity contribution in [3.63, 3.8) is 0 Å². The van der Waals surface area contributed by atoms with Crippen molar-refractivity contribution in [1.29, 1.82) is 0 Å². The fraction of sp³-hybridized carbons (Fsp3) is 0.571. The second-order valence-electron chi connectivity index (χ2n) is 4.49. The smallest absolute Gasteiger partial charge is 0.0445 e. The highest BCUT2D eigenvalue weighted by atomic mass is 16.3. The number of rotatable bonds is 6. The average molecular weight is 221 g/mol. The fourth-order valence-corrected chi connectivity index (χ4v) is 2.04. The molecule has 0 amide bonds. The Hall–Kier alpha value is -0.860. The van der Waals surface area contributed by atoms with Gasteiger partial charge in [0, 0.05) is 19.2 Å². The lowest BCUT2D eigenvalue weighted by molar-refractivity contribution is 0.262. The number of aliphatic hydroxyl groups is 1. The van der Waals surface area contributed by atoms with Gasteiger partial charge in [-0.05, 0) is 32.3 Å². The summed E-state index contributed by atoms with van der Waals surface area (Å²) in [6.07, 6.45) is 1.90. The van der Waals surface area contributed by atoms with E-state index in [0.717, 1.165) is 19.4 Å². The van der Waals surface area contributed by atoms with E-state index in [9.17, 15) is 0 Å². The van der Waals surface area contributed by atoms with Crippen LogP contribution in [-0.2, 0) is 6.54 Å². The summed E-state index contributed by atoms with van der Waals surface area (Å²) < 4.78 is 0. The molecule has 90 valence electrons. The third-order valence-electron chi connectivity index (χ3n) is 2.85. The predicted molar refractivity (Wildman–Crippen MR) is 68.5 cm³/mol. The standard InChI is InChI=1S/C14H23NO/c1-4-14(5-6-16)15-10-13-8-11(2)7-12(3)9-13/h7-9,14-16H,4-6,10H2,1-3H3. The number of hydrogen-bond acceptors (Lipinski definition) is 2. The van der Waals surface area contributed by atoms with Gasteiger partial charge >= 0.3 is 0 Å². The van der Waals surface area contributed by atoms with E-state index in [1.165, 1.54) is 16.7 Å². The molecule has 1 aromatic rings. The molecule has 0 spiro atoms. The molecule has 1 atom stereocenters. The van der Waals surface area contributed by atoms with Gasteiger partial charge in [0.25, 0.3) is 0 Å². The predicted octanol–water partition coefficient (Wildman–Crippen LogP) is 2.55. The molecule has 1 rings (SSSR count). The zero-order chi connectivity index (χ0) is 12.0. The van der Waals surface area contributed by atoms with Crippen LogP contribution in [0, 0.1) is 13.8 Å². The van der Waals surface area contributed by atoms with Crippen LogP contribution in [0.4, 0.5) is 0 Å². The fourth-order valence-electron chi connectivity index (χ4n) is 2.04. The molecule has 0 bridgehead atoms. The summed E-state index contributed by atoms with van der Waals surface area (Å²) in [5, 5.41) is 12.4. The molecule has 0 fully saturated rings. The molecular formula is C14H23NO. The summed E-state index contributed by atoms with van der Waals surface area (Å²) in [6.45, 7) is 7.55. The molecule has 0 radical (unpaired) electrons. The molecule has 0 saturated carbocycles. The van der Waals surface area contributed by atoms with Crippen LogP contribution in [0.1, 0.15) is 36.5 Å². The number of aryl methyl sites for hydroxylation is 2. The Labute approximate surface area is 98.7 Å². The van der Waals surface area contributed by atoms with Crippen LogP contribution in [-0.4, -0.2) is 17.8 Å². The third-order valence-corrected chi connectivity index (χ3v) is 2.85. The topological polar surface area (TPSA) is 32.3 Å². The molecule has 0 aromatic heterocycles. The van der Waals surface area contributed by atoms with Crippen LogP contribution in [0.2, 0.25) is 0 Å². The lowest BCUT2D eigenvalue weighted by Crippen LogP contribution is -2.28. The Morgan fingerprint density at radius 1 is 1.19 bits per heavy atom. The molecular weight excluding hydrogens is 198 g/mol. The first-order chi connectivity index (χ1) is 7.65. The number of hydrogen-bond donors (Lipinski definition) is 2. The third kappa shape index (κ3) is 4.33. The van der Waals surface area contributed by atoms with Crippen LogP contribution in [0.15, 0.2) is 18.2 Å². The molecule has 2 nitrogen and oxygen atoms in total. The van der Waals surface area contributed by atoms with E-state index in [0.29, 0.717) is 6.04 Å². The maximum Gasteiger partial charge on any atom is 0.0445 e. The number of benzene rings is 1.